The molecule has 4 nitrogen and oxygen atoms in total. The molecule has 0 spiro atoms. The number of benzene rings is 2. The van der Waals surface area contributed by atoms with Crippen LogP contribution in [0.1, 0.15) is 44.1 Å². The maximum absolute atomic E-state index is 10.3. The van der Waals surface area contributed by atoms with Crippen LogP contribution in [-0.2, 0) is 6.37 Å². The van der Waals surface area contributed by atoms with Gasteiger partial charge in [-0.1, -0.05) is 24.6 Å². The monoisotopic (exact) mass is 354 g/mol. The summed E-state index contributed by atoms with van der Waals surface area (Å²) in [6.45, 7) is -0.591. The molecule has 0 saturated heterocycles. The third kappa shape index (κ3) is 6.31. The number of aliphatic hydroxyl groups is 1. The summed E-state index contributed by atoms with van der Waals surface area (Å²) in [4.78, 5) is 0. The quantitative estimate of drug-likeness (QED) is 0.696. The molecule has 1 atom stereocenters. The van der Waals surface area contributed by atoms with Crippen LogP contribution in [0.15, 0.2) is 42.5 Å². The minimum atomic E-state index is -2.93. The van der Waals surface area contributed by atoms with Gasteiger partial charge in [-0.25, -0.2) is 0 Å². The van der Waals surface area contributed by atoms with E-state index in [0.717, 1.165) is 17.7 Å². The van der Waals surface area contributed by atoms with E-state index in [0.29, 0.717) is 0 Å². The molecule has 0 radical (unpaired) electrons. The minimum Gasteiger partial charge on any atom is -0.493 e. The van der Waals surface area contributed by atoms with E-state index >= 15 is 0 Å². The number of rotatable bonds is 10. The molecular formula is C21H28O4. The van der Waals surface area contributed by atoms with Gasteiger partial charge in [0.05, 0.1) is 31.1 Å². The van der Waals surface area contributed by atoms with Crippen LogP contribution < -0.4 is 14.2 Å². The Hall–Kier alpha value is -2.20. The van der Waals surface area contributed by atoms with Crippen molar-refractivity contribution in [2.24, 2.45) is 0 Å². The fourth-order valence-corrected chi connectivity index (χ4v) is 2.18. The summed E-state index contributed by atoms with van der Waals surface area (Å²) < 4.78 is 91.1. The van der Waals surface area contributed by atoms with Crippen LogP contribution in [0.25, 0.3) is 0 Å². The van der Waals surface area contributed by atoms with Gasteiger partial charge in [-0.2, -0.15) is 0 Å². The Labute approximate surface area is 164 Å². The molecule has 25 heavy (non-hydrogen) atoms. The van der Waals surface area contributed by atoms with Crippen molar-refractivity contribution in [1.29, 1.82) is 0 Å². The summed E-state index contributed by atoms with van der Waals surface area (Å²) in [5.74, 6) is -0.575. The standard InChI is InChI=1S/C21H28O4/c1-16-7-6-10-19(13-16)25-15-18(22)9-5-4-8-17-11-12-20(23-2)21(14-17)24-3/h6-7,10-14,18,22H,4-5,8-9,15H2,1-3H3/i2D3,3D3,8D2,15D2. The maximum Gasteiger partial charge on any atom is 0.160 e. The average Bonchev–Trinajstić information content (AvgIpc) is 2.66. The SMILES string of the molecule is [2H]C([2H])([2H])Oc1ccc(C([2H])([2H])CCCC(O)C([2H])([2H])Oc2cccc(C)c2)cc1OC([2H])([2H])[2H]. The van der Waals surface area contributed by atoms with Crippen LogP contribution in [0, 0.1) is 6.92 Å². The van der Waals surface area contributed by atoms with E-state index in [1.165, 1.54) is 6.07 Å². The van der Waals surface area contributed by atoms with Crippen molar-refractivity contribution in [1.82, 2.24) is 0 Å². The Morgan fingerprint density at radius 1 is 1.08 bits per heavy atom. The van der Waals surface area contributed by atoms with Gasteiger partial charge in [0.2, 0.25) is 0 Å². The highest BCUT2D eigenvalue weighted by Gasteiger charge is 2.07. The minimum absolute atomic E-state index is 0.00292. The molecule has 0 aliphatic heterocycles. The molecule has 4 heteroatoms. The molecule has 2 rings (SSSR count). The molecule has 2 aromatic rings. The Morgan fingerprint density at radius 3 is 2.72 bits per heavy atom. The topological polar surface area (TPSA) is 47.9 Å². The van der Waals surface area contributed by atoms with Crippen molar-refractivity contribution >= 4 is 0 Å². The van der Waals surface area contributed by atoms with Gasteiger partial charge in [-0.05, 0) is 61.5 Å². The number of aliphatic hydroxyl groups excluding tert-OH is 1. The van der Waals surface area contributed by atoms with Gasteiger partial charge in [0.25, 0.3) is 0 Å². The fraction of sp³-hybridized carbons (Fsp3) is 0.429. The van der Waals surface area contributed by atoms with Crippen molar-refractivity contribution in [2.45, 2.75) is 38.7 Å². The molecule has 2 aromatic carbocycles. The maximum atomic E-state index is 10.3. The van der Waals surface area contributed by atoms with E-state index < -0.39 is 38.9 Å². The molecule has 0 aromatic heterocycles. The number of methoxy groups -OCH3 is 2. The molecule has 0 amide bonds. The first-order valence-electron chi connectivity index (χ1n) is 12.8. The van der Waals surface area contributed by atoms with Gasteiger partial charge >= 0.3 is 0 Å². The zero-order chi connectivity index (χ0) is 26.7. The smallest absolute Gasteiger partial charge is 0.160 e. The molecule has 0 heterocycles. The summed E-state index contributed by atoms with van der Waals surface area (Å²) in [6, 6.07) is 10.1. The zero-order valence-corrected chi connectivity index (χ0v) is 13.9. The van der Waals surface area contributed by atoms with Gasteiger partial charge in [-0.3, -0.25) is 0 Å². The lowest BCUT2D eigenvalue weighted by Gasteiger charge is -2.13. The van der Waals surface area contributed by atoms with Gasteiger partial charge in [0.15, 0.2) is 11.5 Å². The van der Waals surface area contributed by atoms with Crippen LogP contribution >= 0.6 is 0 Å². The van der Waals surface area contributed by atoms with Crippen LogP contribution in [0.3, 0.4) is 0 Å². The largest absolute Gasteiger partial charge is 0.493 e. The number of ether oxygens (including phenoxy) is 3. The Balaban J connectivity index is 2.09. The molecule has 0 bridgehead atoms. The molecule has 0 fully saturated rings. The van der Waals surface area contributed by atoms with E-state index in [-0.39, 0.29) is 36.3 Å². The van der Waals surface area contributed by atoms with Crippen LogP contribution in [0.4, 0.5) is 0 Å². The summed E-state index contributed by atoms with van der Waals surface area (Å²) in [5.41, 5.74) is 0.862. The van der Waals surface area contributed by atoms with Gasteiger partial charge in [0.1, 0.15) is 12.3 Å². The first kappa shape index (κ1) is 9.48. The Morgan fingerprint density at radius 2 is 1.92 bits per heavy atom. The fourth-order valence-electron chi connectivity index (χ4n) is 2.18. The second-order valence-electron chi connectivity index (χ2n) is 5.49. The molecule has 1 N–H and O–H groups in total. The average molecular weight is 355 g/mol. The van der Waals surface area contributed by atoms with E-state index in [1.807, 2.05) is 13.0 Å². The van der Waals surface area contributed by atoms with Gasteiger partial charge in [0, 0.05) is 2.74 Å². The van der Waals surface area contributed by atoms with Crippen molar-refractivity contribution in [3.8, 4) is 17.2 Å². The summed E-state index contributed by atoms with van der Waals surface area (Å²) >= 11 is 0. The van der Waals surface area contributed by atoms with Crippen LogP contribution in [0.2, 0.25) is 0 Å². The first-order chi connectivity index (χ1) is 15.9. The second-order valence-corrected chi connectivity index (χ2v) is 5.49. The molecule has 0 saturated carbocycles. The lowest BCUT2D eigenvalue weighted by atomic mass is 10.0. The highest BCUT2D eigenvalue weighted by molar-refractivity contribution is 5.42. The first-order valence-corrected chi connectivity index (χ1v) is 7.84. The predicted molar refractivity (Wildman–Crippen MR) is 99.8 cm³/mol. The van der Waals surface area contributed by atoms with Crippen LogP contribution in [-0.4, -0.2) is 31.8 Å². The summed E-state index contributed by atoms with van der Waals surface area (Å²) in [7, 11) is -5.80. The second kappa shape index (κ2) is 9.94. The van der Waals surface area contributed by atoms with E-state index in [4.69, 9.17) is 27.9 Å². The normalized spacial score (nSPS) is 19.9. The van der Waals surface area contributed by atoms with Crippen molar-refractivity contribution < 1.29 is 33.0 Å². The third-order valence-electron chi connectivity index (χ3n) is 3.45. The molecular weight excluding hydrogens is 316 g/mol. The summed E-state index contributed by atoms with van der Waals surface area (Å²) in [5, 5.41) is 10.3. The Kier molecular flexibility index (Phi) is 3.77. The zero-order valence-electron chi connectivity index (χ0n) is 23.9. The van der Waals surface area contributed by atoms with E-state index in [1.54, 1.807) is 18.2 Å². The molecule has 1 unspecified atom stereocenters. The third-order valence-corrected chi connectivity index (χ3v) is 3.45. The molecule has 0 aliphatic carbocycles. The molecule has 136 valence electrons. The summed E-state index contributed by atoms with van der Waals surface area (Å²) in [6.07, 6.45) is -3.78. The van der Waals surface area contributed by atoms with Crippen molar-refractivity contribution in [2.75, 3.05) is 20.6 Å². The van der Waals surface area contributed by atoms with Gasteiger partial charge < -0.3 is 19.3 Å². The van der Waals surface area contributed by atoms with Crippen molar-refractivity contribution in [3.05, 3.63) is 53.6 Å². The lowest BCUT2D eigenvalue weighted by molar-refractivity contribution is 0.0976. The predicted octanol–water partition coefficient (Wildman–Crippen LogP) is 4.16. The number of hydrogen-bond donors (Lipinski definition) is 1. The highest BCUT2D eigenvalue weighted by Crippen LogP contribution is 2.28. The number of hydrogen-bond acceptors (Lipinski definition) is 4. The van der Waals surface area contributed by atoms with Crippen molar-refractivity contribution in [3.63, 3.8) is 0 Å². The van der Waals surface area contributed by atoms with Gasteiger partial charge in [-0.15, -0.1) is 0 Å². The van der Waals surface area contributed by atoms with Crippen LogP contribution in [0.5, 0.6) is 17.2 Å². The Bertz CT molecular complexity index is 989. The van der Waals surface area contributed by atoms with E-state index in [2.05, 4.69) is 0 Å². The lowest BCUT2D eigenvalue weighted by Crippen LogP contribution is -2.17. The molecule has 0 aliphatic rings. The highest BCUT2D eigenvalue weighted by atomic mass is 16.5. The number of aryl methyl sites for hydroxylation is 2. The van der Waals surface area contributed by atoms with E-state index in [9.17, 15) is 5.11 Å².